The molecule has 2 aromatic rings. The van der Waals surface area contributed by atoms with Crippen molar-refractivity contribution in [1.82, 2.24) is 0 Å². The maximum atomic E-state index is 14.1. The van der Waals surface area contributed by atoms with E-state index in [9.17, 15) is 23.6 Å². The molecule has 0 aromatic heterocycles. The standard InChI is InChI=1S/C16H11F2NO3/c1-2-19(22)14-12-10(7-11(17)13(14)18)15(20)8-5-3-4-6-9(8)16(12)21/h3-7,22H,2H2,1H3. The van der Waals surface area contributed by atoms with Crippen LogP contribution in [-0.4, -0.2) is 23.3 Å². The van der Waals surface area contributed by atoms with Crippen LogP contribution in [0, 0.1) is 11.6 Å². The van der Waals surface area contributed by atoms with Gasteiger partial charge in [-0.15, -0.1) is 0 Å². The average molecular weight is 303 g/mol. The van der Waals surface area contributed by atoms with Crippen LogP contribution in [0.1, 0.15) is 38.8 Å². The molecule has 2 aromatic carbocycles. The van der Waals surface area contributed by atoms with Crippen LogP contribution in [0.3, 0.4) is 0 Å². The Labute approximate surface area is 124 Å². The molecule has 1 aliphatic rings. The summed E-state index contributed by atoms with van der Waals surface area (Å²) in [5.74, 6) is -3.84. The van der Waals surface area contributed by atoms with Crippen LogP contribution in [0.15, 0.2) is 30.3 Å². The van der Waals surface area contributed by atoms with E-state index in [0.29, 0.717) is 11.1 Å². The highest BCUT2D eigenvalue weighted by molar-refractivity contribution is 6.30. The quantitative estimate of drug-likeness (QED) is 0.740. The van der Waals surface area contributed by atoms with E-state index in [4.69, 9.17) is 0 Å². The van der Waals surface area contributed by atoms with E-state index in [2.05, 4.69) is 0 Å². The summed E-state index contributed by atoms with van der Waals surface area (Å²) in [6.45, 7) is 1.43. The molecule has 0 saturated heterocycles. The molecule has 112 valence electrons. The Morgan fingerprint density at radius 3 is 2.23 bits per heavy atom. The third-order valence-electron chi connectivity index (χ3n) is 3.64. The van der Waals surface area contributed by atoms with Gasteiger partial charge in [-0.05, 0) is 13.0 Å². The number of hydrogen-bond donors (Lipinski definition) is 1. The zero-order valence-electron chi connectivity index (χ0n) is 11.6. The molecule has 1 N–H and O–H groups in total. The summed E-state index contributed by atoms with van der Waals surface area (Å²) in [6.07, 6.45) is 0. The van der Waals surface area contributed by atoms with Crippen molar-refractivity contribution in [3.05, 3.63) is 64.2 Å². The van der Waals surface area contributed by atoms with Gasteiger partial charge >= 0.3 is 0 Å². The summed E-state index contributed by atoms with van der Waals surface area (Å²) in [4.78, 5) is 25.0. The highest BCUT2D eigenvalue weighted by Crippen LogP contribution is 2.36. The minimum atomic E-state index is -1.36. The maximum Gasteiger partial charge on any atom is 0.196 e. The lowest BCUT2D eigenvalue weighted by molar-refractivity contribution is 0.0977. The smallest absolute Gasteiger partial charge is 0.196 e. The normalized spacial score (nSPS) is 12.9. The number of rotatable bonds is 2. The molecule has 0 amide bonds. The molecule has 4 nitrogen and oxygen atoms in total. The molecular weight excluding hydrogens is 292 g/mol. The molecule has 0 spiro atoms. The van der Waals surface area contributed by atoms with Crippen LogP contribution in [-0.2, 0) is 0 Å². The number of carbonyl (C=O) groups excluding carboxylic acids is 2. The molecule has 3 rings (SSSR count). The number of anilines is 1. The Morgan fingerprint density at radius 2 is 1.64 bits per heavy atom. The first-order chi connectivity index (χ1) is 10.5. The predicted molar refractivity (Wildman–Crippen MR) is 74.5 cm³/mol. The molecular formula is C16H11F2NO3. The largest absolute Gasteiger partial charge is 0.289 e. The minimum absolute atomic E-state index is 0.0735. The average Bonchev–Trinajstić information content (AvgIpc) is 2.53. The lowest BCUT2D eigenvalue weighted by atomic mass is 9.83. The maximum absolute atomic E-state index is 14.1. The van der Waals surface area contributed by atoms with Crippen LogP contribution in [0.2, 0.25) is 0 Å². The van der Waals surface area contributed by atoms with E-state index >= 15 is 0 Å². The summed E-state index contributed by atoms with van der Waals surface area (Å²) in [5, 5.41) is 10.2. The van der Waals surface area contributed by atoms with Crippen LogP contribution in [0.5, 0.6) is 0 Å². The number of nitrogens with zero attached hydrogens (tertiary/aromatic N) is 1. The van der Waals surface area contributed by atoms with Gasteiger partial charge in [-0.1, -0.05) is 24.3 Å². The van der Waals surface area contributed by atoms with E-state index in [1.165, 1.54) is 19.1 Å². The molecule has 0 atom stereocenters. The number of ketones is 2. The van der Waals surface area contributed by atoms with Crippen molar-refractivity contribution in [2.75, 3.05) is 11.6 Å². The number of benzene rings is 2. The molecule has 0 bridgehead atoms. The second-order valence-electron chi connectivity index (χ2n) is 4.86. The second kappa shape index (κ2) is 4.99. The van der Waals surface area contributed by atoms with Crippen molar-refractivity contribution in [2.45, 2.75) is 6.92 Å². The monoisotopic (exact) mass is 303 g/mol. The molecule has 6 heteroatoms. The number of halogens is 2. The third kappa shape index (κ3) is 1.84. The van der Waals surface area contributed by atoms with Gasteiger partial charge in [-0.2, -0.15) is 0 Å². The Bertz CT molecular complexity index is 817. The Morgan fingerprint density at radius 1 is 1.05 bits per heavy atom. The summed E-state index contributed by atoms with van der Waals surface area (Å²) >= 11 is 0. The molecule has 0 heterocycles. The van der Waals surface area contributed by atoms with Gasteiger partial charge in [-0.25, -0.2) is 8.78 Å². The number of hydrogen-bond acceptors (Lipinski definition) is 4. The van der Waals surface area contributed by atoms with E-state index < -0.39 is 28.9 Å². The zero-order valence-corrected chi connectivity index (χ0v) is 11.6. The number of carbonyl (C=O) groups is 2. The predicted octanol–water partition coefficient (Wildman–Crippen LogP) is 2.96. The first kappa shape index (κ1) is 14.3. The van der Waals surface area contributed by atoms with Crippen molar-refractivity contribution in [2.24, 2.45) is 0 Å². The molecule has 1 aliphatic carbocycles. The second-order valence-corrected chi connectivity index (χ2v) is 4.86. The lowest BCUT2D eigenvalue weighted by Crippen LogP contribution is -2.28. The third-order valence-corrected chi connectivity index (χ3v) is 3.64. The van der Waals surface area contributed by atoms with E-state index in [-0.39, 0.29) is 28.8 Å². The fraction of sp³-hybridized carbons (Fsp3) is 0.125. The Hall–Kier alpha value is -2.60. The van der Waals surface area contributed by atoms with Crippen molar-refractivity contribution < 1.29 is 23.6 Å². The first-order valence-corrected chi connectivity index (χ1v) is 6.64. The molecule has 0 aliphatic heterocycles. The fourth-order valence-electron chi connectivity index (χ4n) is 2.58. The SMILES string of the molecule is CCN(O)c1c(F)c(F)cc2c1C(=O)c1ccccc1C2=O. The fourth-order valence-corrected chi connectivity index (χ4v) is 2.58. The van der Waals surface area contributed by atoms with Gasteiger partial charge in [0.2, 0.25) is 0 Å². The van der Waals surface area contributed by atoms with E-state index in [0.717, 1.165) is 0 Å². The topological polar surface area (TPSA) is 57.6 Å². The number of fused-ring (bicyclic) bond motifs is 2. The van der Waals surface area contributed by atoms with Crippen molar-refractivity contribution in [3.63, 3.8) is 0 Å². The van der Waals surface area contributed by atoms with Gasteiger partial charge < -0.3 is 0 Å². The van der Waals surface area contributed by atoms with Gasteiger partial charge in [0, 0.05) is 23.2 Å². The van der Waals surface area contributed by atoms with E-state index in [1.54, 1.807) is 12.1 Å². The van der Waals surface area contributed by atoms with Gasteiger partial charge in [0.15, 0.2) is 23.2 Å². The number of hydroxylamine groups is 1. The summed E-state index contributed by atoms with van der Waals surface area (Å²) in [7, 11) is 0. The summed E-state index contributed by atoms with van der Waals surface area (Å²) in [6, 6.07) is 6.76. The van der Waals surface area contributed by atoms with Gasteiger partial charge in [0.1, 0.15) is 5.69 Å². The van der Waals surface area contributed by atoms with Gasteiger partial charge in [-0.3, -0.25) is 19.9 Å². The summed E-state index contributed by atoms with van der Waals surface area (Å²) in [5.41, 5.74) is -0.919. The molecule has 0 radical (unpaired) electrons. The van der Waals surface area contributed by atoms with Crippen LogP contribution >= 0.6 is 0 Å². The molecule has 0 fully saturated rings. The highest BCUT2D eigenvalue weighted by atomic mass is 19.2. The minimum Gasteiger partial charge on any atom is -0.289 e. The van der Waals surface area contributed by atoms with Gasteiger partial charge in [0.25, 0.3) is 0 Å². The van der Waals surface area contributed by atoms with Gasteiger partial charge in [0.05, 0.1) is 5.56 Å². The Kier molecular flexibility index (Phi) is 3.26. The highest BCUT2D eigenvalue weighted by Gasteiger charge is 2.35. The van der Waals surface area contributed by atoms with Crippen molar-refractivity contribution >= 4 is 17.3 Å². The summed E-state index contributed by atoms with van der Waals surface area (Å²) < 4.78 is 27.8. The molecule has 0 saturated carbocycles. The van der Waals surface area contributed by atoms with Crippen LogP contribution in [0.25, 0.3) is 0 Å². The van der Waals surface area contributed by atoms with Crippen LogP contribution in [0.4, 0.5) is 14.5 Å². The lowest BCUT2D eigenvalue weighted by Gasteiger charge is -2.24. The molecule has 0 unspecified atom stereocenters. The van der Waals surface area contributed by atoms with Crippen LogP contribution < -0.4 is 5.06 Å². The van der Waals surface area contributed by atoms with E-state index in [1.807, 2.05) is 0 Å². The molecule has 22 heavy (non-hydrogen) atoms. The van der Waals surface area contributed by atoms with Crippen molar-refractivity contribution in [1.29, 1.82) is 0 Å². The Balaban J connectivity index is 2.38. The zero-order chi connectivity index (χ0) is 16.0. The first-order valence-electron chi connectivity index (χ1n) is 6.64. The van der Waals surface area contributed by atoms with Crippen molar-refractivity contribution in [3.8, 4) is 0 Å².